The zero-order valence-corrected chi connectivity index (χ0v) is 19.9. The Morgan fingerprint density at radius 2 is 2.23 bits per heavy atom. The average molecular weight is 514 g/mol. The number of amides is 2. The number of fused-ring (bicyclic) bond motifs is 2. The van der Waals surface area contributed by atoms with Gasteiger partial charge in [-0.1, -0.05) is 9.67 Å². The summed E-state index contributed by atoms with van der Waals surface area (Å²) in [5.74, 6) is -2.33. The van der Waals surface area contributed by atoms with Crippen molar-refractivity contribution < 1.29 is 28.8 Å². The number of thiazole rings is 1. The molecular formula is C21H19N7O5S2. The minimum Gasteiger partial charge on any atom is -0.543 e. The lowest BCUT2D eigenvalue weighted by molar-refractivity contribution is -0.609. The number of hydrogen-bond donors (Lipinski definition) is 2. The predicted octanol–water partition coefficient (Wildman–Crippen LogP) is -1.28. The van der Waals surface area contributed by atoms with Crippen LogP contribution >= 0.6 is 23.1 Å². The highest BCUT2D eigenvalue weighted by Crippen LogP contribution is 2.40. The molecule has 14 heteroatoms. The molecule has 0 unspecified atom stereocenters. The van der Waals surface area contributed by atoms with Gasteiger partial charge in [-0.3, -0.25) is 14.5 Å². The molecule has 35 heavy (non-hydrogen) atoms. The minimum absolute atomic E-state index is 0.139. The van der Waals surface area contributed by atoms with Gasteiger partial charge in [0.1, 0.15) is 30.8 Å². The molecule has 0 bridgehead atoms. The van der Waals surface area contributed by atoms with Gasteiger partial charge in [-0.2, -0.15) is 4.68 Å². The Balaban J connectivity index is 1.37. The lowest BCUT2D eigenvalue weighted by atomic mass is 10.0. The van der Waals surface area contributed by atoms with Gasteiger partial charge in [0.05, 0.1) is 17.9 Å². The number of thioether (sulfide) groups is 1. The van der Waals surface area contributed by atoms with Crippen molar-refractivity contribution in [3.8, 4) is 0 Å². The number of rotatable bonds is 7. The van der Waals surface area contributed by atoms with E-state index in [1.165, 1.54) is 23.8 Å². The smallest absolute Gasteiger partial charge is 0.276 e. The molecule has 12 nitrogen and oxygen atoms in total. The Morgan fingerprint density at radius 3 is 2.94 bits per heavy atom. The third-order valence-electron chi connectivity index (χ3n) is 5.61. The van der Waals surface area contributed by atoms with E-state index in [-0.39, 0.29) is 28.8 Å². The molecule has 2 aliphatic heterocycles. The van der Waals surface area contributed by atoms with Crippen molar-refractivity contribution in [2.24, 2.45) is 5.16 Å². The lowest BCUT2D eigenvalue weighted by Gasteiger charge is -2.50. The second kappa shape index (κ2) is 9.03. The number of pyridine rings is 1. The van der Waals surface area contributed by atoms with Crippen LogP contribution in [0, 0.1) is 0 Å². The third kappa shape index (κ3) is 4.00. The van der Waals surface area contributed by atoms with Gasteiger partial charge in [-0.15, -0.1) is 23.1 Å². The van der Waals surface area contributed by atoms with E-state index in [2.05, 4.69) is 15.5 Å². The number of carbonyl (C=O) groups is 3. The van der Waals surface area contributed by atoms with Crippen LogP contribution in [-0.4, -0.2) is 62.3 Å². The van der Waals surface area contributed by atoms with E-state index < -0.39 is 29.2 Å². The highest BCUT2D eigenvalue weighted by Gasteiger charge is 2.53. The standard InChI is InChI=1S/C21H19N7O5S2/c1-33-25-14(13-10-35-21(22)23-13)17(29)24-15-18(30)28-16(20(31)32)11(9-34-19(15)28)8-26-7-5-12-4-2-3-6-27(12)26/h2-7,10,15,19H,8-9H2,1H3,(H3-,22,23,24,29,31,32)/b25-14-/t15-,19-/m1/s1. The maximum Gasteiger partial charge on any atom is 0.276 e. The van der Waals surface area contributed by atoms with Gasteiger partial charge in [0.15, 0.2) is 10.8 Å². The number of carbonyl (C=O) groups excluding carboxylic acids is 3. The van der Waals surface area contributed by atoms with Crippen molar-refractivity contribution in [2.75, 3.05) is 18.6 Å². The number of nitrogens with zero attached hydrogens (tertiary/aromatic N) is 5. The van der Waals surface area contributed by atoms with E-state index in [1.54, 1.807) is 5.38 Å². The van der Waals surface area contributed by atoms with Crippen molar-refractivity contribution in [1.29, 1.82) is 0 Å². The highest BCUT2D eigenvalue weighted by atomic mass is 32.2. The molecule has 0 aromatic carbocycles. The second-order valence-electron chi connectivity index (χ2n) is 7.68. The number of anilines is 1. The van der Waals surface area contributed by atoms with Crippen molar-refractivity contribution >= 4 is 57.2 Å². The van der Waals surface area contributed by atoms with E-state index in [4.69, 9.17) is 10.6 Å². The van der Waals surface area contributed by atoms with Gasteiger partial charge in [0.2, 0.25) is 11.7 Å². The minimum atomic E-state index is -1.44. The summed E-state index contributed by atoms with van der Waals surface area (Å²) in [7, 11) is 1.28. The zero-order chi connectivity index (χ0) is 24.7. The van der Waals surface area contributed by atoms with Crippen molar-refractivity contribution in [1.82, 2.24) is 19.9 Å². The van der Waals surface area contributed by atoms with Crippen molar-refractivity contribution in [3.63, 3.8) is 0 Å². The molecule has 2 aliphatic rings. The normalized spacial score (nSPS) is 20.0. The summed E-state index contributed by atoms with van der Waals surface area (Å²) in [5, 5.41) is 19.6. The summed E-state index contributed by atoms with van der Waals surface area (Å²) < 4.78 is 3.74. The molecule has 5 heterocycles. The fourth-order valence-electron chi connectivity index (χ4n) is 4.07. The van der Waals surface area contributed by atoms with E-state index in [0.29, 0.717) is 11.3 Å². The SMILES string of the molecule is CO/N=C(\C(=O)N[C@@H]1C(=O)N2C(C(=O)[O-])=C(Cn3ccc4cccc[n+]43)CS[C@H]12)c1csc(N)n1. The molecular weight excluding hydrogens is 494 g/mol. The topological polar surface area (TPSA) is 159 Å². The van der Waals surface area contributed by atoms with Crippen LogP contribution < -0.4 is 20.7 Å². The largest absolute Gasteiger partial charge is 0.543 e. The molecule has 5 rings (SSSR count). The van der Waals surface area contributed by atoms with Gasteiger partial charge >= 0.3 is 0 Å². The first-order valence-corrected chi connectivity index (χ1v) is 12.3. The summed E-state index contributed by atoms with van der Waals surface area (Å²) in [4.78, 5) is 47.9. The van der Waals surface area contributed by atoms with Gasteiger partial charge in [-0.25, -0.2) is 4.98 Å². The molecule has 0 saturated carbocycles. The number of nitrogens with two attached hydrogens (primary N) is 1. The van der Waals surface area contributed by atoms with E-state index >= 15 is 0 Å². The lowest BCUT2D eigenvalue weighted by Crippen LogP contribution is -2.71. The van der Waals surface area contributed by atoms with E-state index in [1.807, 2.05) is 45.9 Å². The molecule has 3 N–H and O–H groups in total. The summed E-state index contributed by atoms with van der Waals surface area (Å²) in [6, 6.07) is 6.68. The molecule has 3 aromatic rings. The molecule has 2 atom stereocenters. The molecule has 2 amide bonds. The van der Waals surface area contributed by atoms with Crippen LogP contribution in [-0.2, 0) is 25.8 Å². The number of aromatic nitrogens is 3. The van der Waals surface area contributed by atoms with Gasteiger partial charge in [-0.05, 0) is 11.6 Å². The maximum atomic E-state index is 13.0. The highest BCUT2D eigenvalue weighted by molar-refractivity contribution is 8.00. The number of oxime groups is 1. The molecule has 0 spiro atoms. The monoisotopic (exact) mass is 513 g/mol. The summed E-state index contributed by atoms with van der Waals surface area (Å²) in [5.41, 5.74) is 7.03. The number of nitrogen functional groups attached to an aromatic ring is 1. The Bertz CT molecular complexity index is 1410. The average Bonchev–Trinajstić information content (AvgIpc) is 3.46. The Morgan fingerprint density at radius 1 is 1.40 bits per heavy atom. The number of carboxylic acids is 1. The van der Waals surface area contributed by atoms with Crippen LogP contribution in [0.1, 0.15) is 5.69 Å². The van der Waals surface area contributed by atoms with Crippen LogP contribution in [0.4, 0.5) is 5.13 Å². The quantitative estimate of drug-likeness (QED) is 0.171. The molecule has 1 saturated heterocycles. The van der Waals surface area contributed by atoms with Crippen LogP contribution in [0.25, 0.3) is 5.52 Å². The molecule has 180 valence electrons. The number of β-lactam (4-membered cyclic amide) rings is 1. The number of aliphatic carboxylic acids is 1. The number of hydrogen-bond acceptors (Lipinski definition) is 10. The fraction of sp³-hybridized carbons (Fsp3) is 0.238. The van der Waals surface area contributed by atoms with Crippen molar-refractivity contribution in [3.05, 3.63) is 59.0 Å². The first-order chi connectivity index (χ1) is 16.9. The summed E-state index contributed by atoms with van der Waals surface area (Å²) in [6.45, 7) is 0.262. The van der Waals surface area contributed by atoms with E-state index in [9.17, 15) is 19.5 Å². The third-order valence-corrected chi connectivity index (χ3v) is 7.62. The maximum absolute atomic E-state index is 13.0. The number of nitrogens with one attached hydrogen (secondary N) is 1. The fourth-order valence-corrected chi connectivity index (χ4v) is 5.95. The van der Waals surface area contributed by atoms with Gasteiger partial charge < -0.3 is 25.8 Å². The predicted molar refractivity (Wildman–Crippen MR) is 125 cm³/mol. The van der Waals surface area contributed by atoms with Crippen LogP contribution in [0.5, 0.6) is 0 Å². The molecule has 1 fully saturated rings. The molecule has 0 radical (unpaired) electrons. The Hall–Kier alpha value is -3.91. The Labute approximate surface area is 206 Å². The Kier molecular flexibility index (Phi) is 5.90. The molecule has 3 aromatic heterocycles. The van der Waals surface area contributed by atoms with Crippen LogP contribution in [0.2, 0.25) is 0 Å². The first kappa shape index (κ1) is 22.9. The van der Waals surface area contributed by atoms with Crippen LogP contribution in [0.3, 0.4) is 0 Å². The van der Waals surface area contributed by atoms with Crippen LogP contribution in [0.15, 0.2) is 58.5 Å². The second-order valence-corrected chi connectivity index (χ2v) is 9.67. The number of carboxylic acid groups (broad SMARTS) is 1. The molecule has 0 aliphatic carbocycles. The zero-order valence-electron chi connectivity index (χ0n) is 18.3. The van der Waals surface area contributed by atoms with Gasteiger partial charge in [0.25, 0.3) is 11.8 Å². The van der Waals surface area contributed by atoms with E-state index in [0.717, 1.165) is 16.9 Å². The summed E-state index contributed by atoms with van der Waals surface area (Å²) in [6.07, 6.45) is 3.71. The first-order valence-electron chi connectivity index (χ1n) is 10.4. The van der Waals surface area contributed by atoms with Crippen molar-refractivity contribution in [2.45, 2.75) is 18.0 Å². The summed E-state index contributed by atoms with van der Waals surface area (Å²) >= 11 is 2.49. The van der Waals surface area contributed by atoms with Gasteiger partial charge in [0, 0.05) is 29.3 Å².